The van der Waals surface area contributed by atoms with Gasteiger partial charge >= 0.3 is 5.69 Å². The van der Waals surface area contributed by atoms with Crippen molar-refractivity contribution in [2.45, 2.75) is 25.3 Å². The van der Waals surface area contributed by atoms with Gasteiger partial charge < -0.3 is 14.8 Å². The maximum absolute atomic E-state index is 10.9. The molecule has 0 aromatic heterocycles. The summed E-state index contributed by atoms with van der Waals surface area (Å²) < 4.78 is 10.5. The Hall–Kier alpha value is -1.82. The molecule has 2 rings (SSSR count). The van der Waals surface area contributed by atoms with Gasteiger partial charge in [0.1, 0.15) is 5.75 Å². The lowest BCUT2D eigenvalue weighted by atomic mass is 10.3. The van der Waals surface area contributed by atoms with Crippen LogP contribution in [0, 0.1) is 10.1 Å². The normalized spacial score (nSPS) is 14.2. The van der Waals surface area contributed by atoms with E-state index in [0.717, 1.165) is 13.0 Å². The van der Waals surface area contributed by atoms with Crippen LogP contribution in [-0.2, 0) is 0 Å². The molecular formula is C13H18N2O4. The molecule has 0 saturated heterocycles. The van der Waals surface area contributed by atoms with Crippen LogP contribution in [0.4, 0.5) is 5.69 Å². The molecule has 0 spiro atoms. The van der Waals surface area contributed by atoms with Crippen molar-refractivity contribution in [1.82, 2.24) is 5.32 Å². The minimum Gasteiger partial charge on any atom is -0.497 e. The van der Waals surface area contributed by atoms with Crippen LogP contribution >= 0.6 is 0 Å². The highest BCUT2D eigenvalue weighted by atomic mass is 16.6. The molecular weight excluding hydrogens is 248 g/mol. The van der Waals surface area contributed by atoms with Gasteiger partial charge in [-0.25, -0.2) is 0 Å². The zero-order chi connectivity index (χ0) is 13.7. The third-order valence-corrected chi connectivity index (χ3v) is 2.95. The largest absolute Gasteiger partial charge is 0.497 e. The van der Waals surface area contributed by atoms with Gasteiger partial charge in [0, 0.05) is 18.2 Å². The molecule has 1 fully saturated rings. The molecule has 104 valence electrons. The van der Waals surface area contributed by atoms with Crippen LogP contribution in [0.2, 0.25) is 0 Å². The molecule has 1 aliphatic carbocycles. The molecule has 6 nitrogen and oxygen atoms in total. The second kappa shape index (κ2) is 6.38. The van der Waals surface area contributed by atoms with Gasteiger partial charge in [0.15, 0.2) is 0 Å². The lowest BCUT2D eigenvalue weighted by Crippen LogP contribution is -2.19. The van der Waals surface area contributed by atoms with Crippen molar-refractivity contribution in [1.29, 1.82) is 0 Å². The fourth-order valence-corrected chi connectivity index (χ4v) is 1.74. The molecule has 1 saturated carbocycles. The van der Waals surface area contributed by atoms with Gasteiger partial charge in [0.25, 0.3) is 0 Å². The molecule has 19 heavy (non-hydrogen) atoms. The first-order valence-electron chi connectivity index (χ1n) is 6.39. The summed E-state index contributed by atoms with van der Waals surface area (Å²) in [6.07, 6.45) is 3.33. The van der Waals surface area contributed by atoms with Crippen molar-refractivity contribution in [2.75, 3.05) is 20.3 Å². The number of rotatable bonds is 8. The van der Waals surface area contributed by atoms with Crippen LogP contribution in [0.15, 0.2) is 18.2 Å². The molecule has 1 aliphatic rings. The number of nitrogens with zero attached hydrogens (tertiary/aromatic N) is 1. The van der Waals surface area contributed by atoms with E-state index < -0.39 is 4.92 Å². The molecule has 1 aromatic carbocycles. The van der Waals surface area contributed by atoms with Crippen LogP contribution in [0.5, 0.6) is 11.5 Å². The molecule has 0 atom stereocenters. The number of nitro benzene ring substituents is 1. The lowest BCUT2D eigenvalue weighted by Gasteiger charge is -2.08. The van der Waals surface area contributed by atoms with E-state index in [1.54, 1.807) is 12.1 Å². The summed E-state index contributed by atoms with van der Waals surface area (Å²) in [6.45, 7) is 1.33. The first-order valence-corrected chi connectivity index (χ1v) is 6.39. The molecule has 0 heterocycles. The van der Waals surface area contributed by atoms with Crippen molar-refractivity contribution < 1.29 is 14.4 Å². The van der Waals surface area contributed by atoms with E-state index in [0.29, 0.717) is 18.4 Å². The standard InChI is InChI=1S/C13H18N2O4/c1-18-11-5-6-12(15(16)17)13(9-11)19-8-2-7-14-10-3-4-10/h5-6,9-10,14H,2-4,7-8H2,1H3. The number of ether oxygens (including phenoxy) is 2. The smallest absolute Gasteiger partial charge is 0.311 e. The number of nitrogens with one attached hydrogen (secondary N) is 1. The Balaban J connectivity index is 1.86. The third-order valence-electron chi connectivity index (χ3n) is 2.95. The predicted octanol–water partition coefficient (Wildman–Crippen LogP) is 2.12. The summed E-state index contributed by atoms with van der Waals surface area (Å²) in [4.78, 5) is 10.4. The zero-order valence-electron chi connectivity index (χ0n) is 10.9. The number of hydrogen-bond donors (Lipinski definition) is 1. The predicted molar refractivity (Wildman–Crippen MR) is 70.8 cm³/mol. The van der Waals surface area contributed by atoms with Crippen LogP contribution in [-0.4, -0.2) is 31.2 Å². The van der Waals surface area contributed by atoms with E-state index in [9.17, 15) is 10.1 Å². The molecule has 0 bridgehead atoms. The Bertz CT molecular complexity index is 446. The van der Waals surface area contributed by atoms with Gasteiger partial charge in [-0.15, -0.1) is 0 Å². The Morgan fingerprint density at radius 3 is 2.89 bits per heavy atom. The summed E-state index contributed by atoms with van der Waals surface area (Å²) in [5, 5.41) is 14.2. The van der Waals surface area contributed by atoms with Gasteiger partial charge in [-0.1, -0.05) is 0 Å². The first kappa shape index (κ1) is 13.6. The average molecular weight is 266 g/mol. The molecule has 0 radical (unpaired) electrons. The number of methoxy groups -OCH3 is 1. The Labute approximate surface area is 111 Å². The number of benzene rings is 1. The topological polar surface area (TPSA) is 73.6 Å². The number of hydrogen-bond acceptors (Lipinski definition) is 5. The van der Waals surface area contributed by atoms with E-state index in [1.165, 1.54) is 26.0 Å². The first-order chi connectivity index (χ1) is 9.20. The van der Waals surface area contributed by atoms with Crippen molar-refractivity contribution in [3.63, 3.8) is 0 Å². The third kappa shape index (κ3) is 4.10. The minimum atomic E-state index is -0.447. The molecule has 0 aliphatic heterocycles. The van der Waals surface area contributed by atoms with Crippen molar-refractivity contribution in [2.24, 2.45) is 0 Å². The molecule has 0 unspecified atom stereocenters. The SMILES string of the molecule is COc1ccc([N+](=O)[O-])c(OCCCNC2CC2)c1. The van der Waals surface area contributed by atoms with Gasteiger partial charge in [-0.05, 0) is 31.9 Å². The van der Waals surface area contributed by atoms with E-state index in [-0.39, 0.29) is 11.4 Å². The van der Waals surface area contributed by atoms with Crippen LogP contribution in [0.1, 0.15) is 19.3 Å². The Morgan fingerprint density at radius 1 is 1.47 bits per heavy atom. The van der Waals surface area contributed by atoms with Crippen molar-refractivity contribution in [3.8, 4) is 11.5 Å². The average Bonchev–Trinajstić information content (AvgIpc) is 3.22. The fraction of sp³-hybridized carbons (Fsp3) is 0.538. The van der Waals surface area contributed by atoms with Gasteiger partial charge in [0.2, 0.25) is 5.75 Å². The second-order valence-corrected chi connectivity index (χ2v) is 4.52. The van der Waals surface area contributed by atoms with E-state index in [1.807, 2.05) is 0 Å². The second-order valence-electron chi connectivity index (χ2n) is 4.52. The minimum absolute atomic E-state index is 0.0315. The Morgan fingerprint density at radius 2 is 2.26 bits per heavy atom. The van der Waals surface area contributed by atoms with E-state index >= 15 is 0 Å². The van der Waals surface area contributed by atoms with E-state index in [2.05, 4.69) is 5.32 Å². The quantitative estimate of drug-likeness (QED) is 0.443. The summed E-state index contributed by atoms with van der Waals surface area (Å²) in [5.74, 6) is 0.812. The zero-order valence-corrected chi connectivity index (χ0v) is 10.9. The molecule has 1 N–H and O–H groups in total. The Kier molecular flexibility index (Phi) is 4.57. The highest BCUT2D eigenvalue weighted by Crippen LogP contribution is 2.31. The fourth-order valence-electron chi connectivity index (χ4n) is 1.74. The van der Waals surface area contributed by atoms with Gasteiger partial charge in [-0.3, -0.25) is 10.1 Å². The molecule has 1 aromatic rings. The summed E-state index contributed by atoms with van der Waals surface area (Å²) in [6, 6.07) is 5.18. The lowest BCUT2D eigenvalue weighted by molar-refractivity contribution is -0.385. The van der Waals surface area contributed by atoms with E-state index in [4.69, 9.17) is 9.47 Å². The molecule has 6 heteroatoms. The van der Waals surface area contributed by atoms with Crippen LogP contribution < -0.4 is 14.8 Å². The number of nitro groups is 1. The van der Waals surface area contributed by atoms with Crippen molar-refractivity contribution >= 4 is 5.69 Å². The highest BCUT2D eigenvalue weighted by molar-refractivity contribution is 5.50. The van der Waals surface area contributed by atoms with Crippen molar-refractivity contribution in [3.05, 3.63) is 28.3 Å². The monoisotopic (exact) mass is 266 g/mol. The maximum atomic E-state index is 10.9. The van der Waals surface area contributed by atoms with Gasteiger partial charge in [0.05, 0.1) is 18.6 Å². The van der Waals surface area contributed by atoms with Crippen LogP contribution in [0.25, 0.3) is 0 Å². The highest BCUT2D eigenvalue weighted by Gasteiger charge is 2.20. The summed E-state index contributed by atoms with van der Waals surface area (Å²) in [5.41, 5.74) is -0.0315. The molecule has 0 amide bonds. The summed E-state index contributed by atoms with van der Waals surface area (Å²) in [7, 11) is 1.52. The van der Waals surface area contributed by atoms with Crippen LogP contribution in [0.3, 0.4) is 0 Å². The van der Waals surface area contributed by atoms with Gasteiger partial charge in [-0.2, -0.15) is 0 Å². The summed E-state index contributed by atoms with van der Waals surface area (Å²) >= 11 is 0. The maximum Gasteiger partial charge on any atom is 0.311 e.